The van der Waals surface area contributed by atoms with Gasteiger partial charge in [0, 0.05) is 30.8 Å². The van der Waals surface area contributed by atoms with Crippen LogP contribution in [0.15, 0.2) is 18.2 Å². The van der Waals surface area contributed by atoms with Gasteiger partial charge in [0.25, 0.3) is 0 Å². The van der Waals surface area contributed by atoms with Gasteiger partial charge >= 0.3 is 0 Å². The molecule has 0 aromatic heterocycles. The zero-order valence-electron chi connectivity index (χ0n) is 17.1. The van der Waals surface area contributed by atoms with E-state index in [0.717, 1.165) is 43.0 Å². The summed E-state index contributed by atoms with van der Waals surface area (Å²) in [5.74, 6) is 0.471. The highest BCUT2D eigenvalue weighted by molar-refractivity contribution is 5.44. The molecule has 2 heterocycles. The molecule has 2 aliphatic carbocycles. The molecule has 3 atom stereocenters. The molecule has 0 bridgehead atoms. The van der Waals surface area contributed by atoms with E-state index in [1.54, 1.807) is 6.07 Å². The fourth-order valence-electron chi connectivity index (χ4n) is 6.28. The second-order valence-electron chi connectivity index (χ2n) is 9.65. The highest BCUT2D eigenvalue weighted by atomic mass is 16.7. The van der Waals surface area contributed by atoms with Crippen LogP contribution in [0.25, 0.3) is 0 Å². The first-order valence-electron chi connectivity index (χ1n) is 10.9. The van der Waals surface area contributed by atoms with Gasteiger partial charge in [0.15, 0.2) is 5.79 Å². The lowest BCUT2D eigenvalue weighted by molar-refractivity contribution is -0.254. The molecule has 1 spiro atoms. The maximum absolute atomic E-state index is 12.3. The Morgan fingerprint density at radius 2 is 1.89 bits per heavy atom. The summed E-state index contributed by atoms with van der Waals surface area (Å²) in [6, 6.07) is 5.65. The smallest absolute Gasteiger partial charge is 0.169 e. The average Bonchev–Trinajstić information content (AvgIpc) is 3.39. The number of likely N-dealkylation sites (tertiary alicyclic amines) is 1. The molecular formula is C23H33NO4. The predicted molar refractivity (Wildman–Crippen MR) is 106 cm³/mol. The zero-order valence-corrected chi connectivity index (χ0v) is 17.1. The molecule has 2 saturated heterocycles. The van der Waals surface area contributed by atoms with Gasteiger partial charge in [-0.25, -0.2) is 0 Å². The first-order valence-corrected chi connectivity index (χ1v) is 10.9. The molecule has 3 unspecified atom stereocenters. The molecule has 2 aliphatic heterocycles. The number of fused-ring (bicyclic) bond motifs is 1. The largest absolute Gasteiger partial charge is 0.508 e. The van der Waals surface area contributed by atoms with E-state index in [9.17, 15) is 10.2 Å². The number of phenolic OH excluding ortho intramolecular Hbond substituents is 1. The van der Waals surface area contributed by atoms with Gasteiger partial charge < -0.3 is 19.7 Å². The van der Waals surface area contributed by atoms with Crippen molar-refractivity contribution in [1.82, 2.24) is 4.90 Å². The third-order valence-corrected chi connectivity index (χ3v) is 8.09. The number of hydrogen-bond acceptors (Lipinski definition) is 5. The Morgan fingerprint density at radius 3 is 2.61 bits per heavy atom. The van der Waals surface area contributed by atoms with E-state index in [4.69, 9.17) is 9.47 Å². The average molecular weight is 388 g/mol. The van der Waals surface area contributed by atoms with Crippen molar-refractivity contribution in [3.63, 3.8) is 0 Å². The van der Waals surface area contributed by atoms with Crippen LogP contribution in [0.3, 0.4) is 0 Å². The number of benzene rings is 1. The summed E-state index contributed by atoms with van der Waals surface area (Å²) in [6.45, 7) is 7.58. The molecule has 1 aromatic carbocycles. The Labute approximate surface area is 167 Å². The number of hydrogen-bond donors (Lipinski definition) is 2. The molecule has 1 aromatic rings. The van der Waals surface area contributed by atoms with Crippen LogP contribution >= 0.6 is 0 Å². The summed E-state index contributed by atoms with van der Waals surface area (Å²) in [5, 5.41) is 22.6. The summed E-state index contributed by atoms with van der Waals surface area (Å²) in [7, 11) is 0. The van der Waals surface area contributed by atoms with Gasteiger partial charge in [0.05, 0.1) is 18.8 Å². The lowest BCUT2D eigenvalue weighted by Gasteiger charge is -2.62. The SMILES string of the molecule is Cc1ccc(O)cc1C12CCN(CC3CC3)C(C)C1(O)CCC1(C2)OCCO1. The second kappa shape index (κ2) is 6.43. The quantitative estimate of drug-likeness (QED) is 0.835. The Hall–Kier alpha value is -1.14. The number of nitrogens with zero attached hydrogens (tertiary/aromatic N) is 1. The van der Waals surface area contributed by atoms with Gasteiger partial charge in [-0.1, -0.05) is 6.07 Å². The van der Waals surface area contributed by atoms with E-state index in [1.165, 1.54) is 12.8 Å². The van der Waals surface area contributed by atoms with Crippen molar-refractivity contribution in [3.8, 4) is 5.75 Å². The summed E-state index contributed by atoms with van der Waals surface area (Å²) >= 11 is 0. The van der Waals surface area contributed by atoms with Crippen LogP contribution in [0.1, 0.15) is 56.6 Å². The molecule has 4 fully saturated rings. The monoisotopic (exact) mass is 387 g/mol. The van der Waals surface area contributed by atoms with E-state index in [2.05, 4.69) is 18.7 Å². The molecular weight excluding hydrogens is 354 g/mol. The second-order valence-corrected chi connectivity index (χ2v) is 9.65. The Morgan fingerprint density at radius 1 is 1.14 bits per heavy atom. The first-order chi connectivity index (χ1) is 13.4. The van der Waals surface area contributed by atoms with Crippen molar-refractivity contribution in [1.29, 1.82) is 0 Å². The summed E-state index contributed by atoms with van der Waals surface area (Å²) in [4.78, 5) is 2.50. The fraction of sp³-hybridized carbons (Fsp3) is 0.739. The van der Waals surface area contributed by atoms with Crippen molar-refractivity contribution in [2.24, 2.45) is 5.92 Å². The Balaban J connectivity index is 1.60. The summed E-state index contributed by atoms with van der Waals surface area (Å²) in [6.07, 6.45) is 5.55. The molecule has 0 radical (unpaired) electrons. The van der Waals surface area contributed by atoms with Crippen LogP contribution in [0, 0.1) is 12.8 Å². The minimum Gasteiger partial charge on any atom is -0.508 e. The molecule has 5 heteroatoms. The topological polar surface area (TPSA) is 62.2 Å². The third kappa shape index (κ3) is 2.74. The number of aromatic hydroxyl groups is 1. The van der Waals surface area contributed by atoms with Gasteiger partial charge in [-0.3, -0.25) is 4.90 Å². The normalized spacial score (nSPS) is 37.9. The van der Waals surface area contributed by atoms with Crippen LogP contribution in [-0.2, 0) is 14.9 Å². The lowest BCUT2D eigenvalue weighted by atomic mass is 9.52. The minimum absolute atomic E-state index is 0.0716. The highest BCUT2D eigenvalue weighted by Gasteiger charge is 2.65. The zero-order chi connectivity index (χ0) is 19.6. The van der Waals surface area contributed by atoms with E-state index in [-0.39, 0.29) is 11.8 Å². The fourth-order valence-corrected chi connectivity index (χ4v) is 6.28. The van der Waals surface area contributed by atoms with Crippen molar-refractivity contribution in [3.05, 3.63) is 29.3 Å². The Bertz CT molecular complexity index is 757. The van der Waals surface area contributed by atoms with Crippen LogP contribution < -0.4 is 0 Å². The molecule has 154 valence electrons. The molecule has 2 saturated carbocycles. The molecule has 28 heavy (non-hydrogen) atoms. The highest BCUT2D eigenvalue weighted by Crippen LogP contribution is 2.59. The van der Waals surface area contributed by atoms with Crippen LogP contribution in [-0.4, -0.2) is 58.8 Å². The Kier molecular flexibility index (Phi) is 4.33. The number of phenols is 1. The standard InChI is InChI=1S/C23H33NO4/c1-16-3-6-19(25)13-20(16)21-9-10-24(14-18-4-5-18)17(2)23(21,26)8-7-22(15-21)27-11-12-28-22/h3,6,13,17-18,25-26H,4-5,7-12,14-15H2,1-2H3. The summed E-state index contributed by atoms with van der Waals surface area (Å²) < 4.78 is 12.2. The molecule has 2 N–H and O–H groups in total. The molecule has 5 nitrogen and oxygen atoms in total. The van der Waals surface area contributed by atoms with E-state index >= 15 is 0 Å². The lowest BCUT2D eigenvalue weighted by Crippen LogP contribution is -2.72. The van der Waals surface area contributed by atoms with Gasteiger partial charge in [0.1, 0.15) is 5.75 Å². The molecule has 5 rings (SSSR count). The number of aryl methyl sites for hydroxylation is 1. The van der Waals surface area contributed by atoms with E-state index in [0.29, 0.717) is 26.1 Å². The van der Waals surface area contributed by atoms with Gasteiger partial charge in [-0.05, 0) is 75.3 Å². The van der Waals surface area contributed by atoms with Crippen molar-refractivity contribution < 1.29 is 19.7 Å². The first kappa shape index (κ1) is 18.9. The number of rotatable bonds is 3. The third-order valence-electron chi connectivity index (χ3n) is 8.09. The van der Waals surface area contributed by atoms with Gasteiger partial charge in [-0.15, -0.1) is 0 Å². The van der Waals surface area contributed by atoms with Crippen LogP contribution in [0.4, 0.5) is 0 Å². The maximum atomic E-state index is 12.3. The van der Waals surface area contributed by atoms with E-state index in [1.807, 2.05) is 12.1 Å². The number of piperidine rings is 1. The van der Waals surface area contributed by atoms with E-state index < -0.39 is 16.8 Å². The number of aliphatic hydroxyl groups is 1. The van der Waals surface area contributed by atoms with Gasteiger partial charge in [0.2, 0.25) is 0 Å². The molecule has 0 amide bonds. The van der Waals surface area contributed by atoms with Crippen molar-refractivity contribution in [2.45, 2.75) is 75.2 Å². The molecule has 4 aliphatic rings. The van der Waals surface area contributed by atoms with Crippen LogP contribution in [0.2, 0.25) is 0 Å². The van der Waals surface area contributed by atoms with Crippen LogP contribution in [0.5, 0.6) is 5.75 Å². The van der Waals surface area contributed by atoms with Gasteiger partial charge in [-0.2, -0.15) is 0 Å². The minimum atomic E-state index is -0.862. The predicted octanol–water partition coefficient (Wildman–Crippen LogP) is 3.10. The van der Waals surface area contributed by atoms with Crippen molar-refractivity contribution in [2.75, 3.05) is 26.3 Å². The summed E-state index contributed by atoms with van der Waals surface area (Å²) in [5.41, 5.74) is 0.845. The maximum Gasteiger partial charge on any atom is 0.169 e. The number of ether oxygens (including phenoxy) is 2. The van der Waals surface area contributed by atoms with Crippen molar-refractivity contribution >= 4 is 0 Å².